The van der Waals surface area contributed by atoms with Gasteiger partial charge in [-0.05, 0) is 88.6 Å². The number of hydrogen-bond acceptors (Lipinski definition) is 6. The molecule has 0 radical (unpaired) electrons. The first kappa shape index (κ1) is 28.9. The molecule has 0 atom stereocenters. The number of rotatable bonds is 8. The van der Waals surface area contributed by atoms with Gasteiger partial charge >= 0.3 is 6.09 Å². The number of nitrogens with zero attached hydrogens (tertiary/aromatic N) is 4. The van der Waals surface area contributed by atoms with E-state index in [1.54, 1.807) is 16.6 Å². The first-order valence-electron chi connectivity index (χ1n) is 14.1. The van der Waals surface area contributed by atoms with Crippen LogP contribution in [0.5, 0.6) is 0 Å². The zero-order chi connectivity index (χ0) is 29.7. The molecule has 10 nitrogen and oxygen atoms in total. The lowest BCUT2D eigenvalue weighted by Gasteiger charge is -2.40. The number of sulfonamides is 1. The molecule has 2 heterocycles. The van der Waals surface area contributed by atoms with E-state index < -0.39 is 15.6 Å². The summed E-state index contributed by atoms with van der Waals surface area (Å²) < 4.78 is 34.8. The van der Waals surface area contributed by atoms with Crippen LogP contribution in [0.1, 0.15) is 67.6 Å². The highest BCUT2D eigenvalue weighted by Crippen LogP contribution is 2.47. The molecular formula is C30H39N5O5S. The van der Waals surface area contributed by atoms with Crippen molar-refractivity contribution < 1.29 is 22.7 Å². The minimum absolute atomic E-state index is 0.181. The SMILES string of the molecule is CNC(=O)c1c2cc(C3CC3)c(N(CCC3CN(C(=O)OC(C)(C)C)C3)S(C)(=O)=O)cc2nn1-c1ccc(C)cc1. The number of carbonyl (C=O) groups excluding carboxylic acids is 2. The quantitative estimate of drug-likeness (QED) is 0.416. The van der Waals surface area contributed by atoms with E-state index in [9.17, 15) is 18.0 Å². The van der Waals surface area contributed by atoms with Gasteiger partial charge in [-0.3, -0.25) is 9.10 Å². The van der Waals surface area contributed by atoms with E-state index in [0.29, 0.717) is 41.8 Å². The third-order valence-electron chi connectivity index (χ3n) is 7.58. The number of amides is 2. The highest BCUT2D eigenvalue weighted by Gasteiger charge is 2.36. The van der Waals surface area contributed by atoms with E-state index in [1.165, 1.54) is 10.6 Å². The second-order valence-electron chi connectivity index (χ2n) is 12.3. The first-order valence-corrected chi connectivity index (χ1v) is 15.9. The average molecular weight is 582 g/mol. The number of carbonyl (C=O) groups is 2. The second kappa shape index (κ2) is 10.7. The molecule has 5 rings (SSSR count). The fraction of sp³-hybridized carbons (Fsp3) is 0.500. The fourth-order valence-electron chi connectivity index (χ4n) is 5.28. The molecule has 1 aliphatic heterocycles. The van der Waals surface area contributed by atoms with Crippen molar-refractivity contribution >= 4 is 38.6 Å². The third-order valence-corrected chi connectivity index (χ3v) is 8.76. The van der Waals surface area contributed by atoms with Gasteiger partial charge in [0.05, 0.1) is 23.1 Å². The second-order valence-corrected chi connectivity index (χ2v) is 14.2. The fourth-order valence-corrected chi connectivity index (χ4v) is 6.23. The summed E-state index contributed by atoms with van der Waals surface area (Å²) in [6.07, 6.45) is 3.42. The summed E-state index contributed by atoms with van der Waals surface area (Å²) in [6, 6.07) is 11.5. The number of ether oxygens (including phenoxy) is 1. The summed E-state index contributed by atoms with van der Waals surface area (Å²) in [4.78, 5) is 27.1. The lowest BCUT2D eigenvalue weighted by atomic mass is 9.96. The summed E-state index contributed by atoms with van der Waals surface area (Å²) in [7, 11) is -2.03. The van der Waals surface area contributed by atoms with Crippen molar-refractivity contribution in [2.75, 3.05) is 37.2 Å². The van der Waals surface area contributed by atoms with Gasteiger partial charge in [-0.2, -0.15) is 5.10 Å². The van der Waals surface area contributed by atoms with Crippen molar-refractivity contribution in [2.24, 2.45) is 5.92 Å². The van der Waals surface area contributed by atoms with Gasteiger partial charge in [-0.25, -0.2) is 17.9 Å². The van der Waals surface area contributed by atoms with Crippen molar-refractivity contribution in [1.82, 2.24) is 20.0 Å². The molecule has 1 saturated heterocycles. The summed E-state index contributed by atoms with van der Waals surface area (Å²) in [5, 5.41) is 8.21. The lowest BCUT2D eigenvalue weighted by molar-refractivity contribution is -0.00172. The van der Waals surface area contributed by atoms with Crippen LogP contribution in [-0.4, -0.2) is 73.6 Å². The molecule has 0 unspecified atom stereocenters. The van der Waals surface area contributed by atoms with Gasteiger partial charge in [-0.15, -0.1) is 0 Å². The molecule has 2 aromatic carbocycles. The molecule has 1 aromatic heterocycles. The van der Waals surface area contributed by atoms with Crippen LogP contribution in [0.15, 0.2) is 36.4 Å². The lowest BCUT2D eigenvalue weighted by Crippen LogP contribution is -2.52. The Morgan fingerprint density at radius 1 is 1.12 bits per heavy atom. The molecule has 0 spiro atoms. The van der Waals surface area contributed by atoms with Crippen molar-refractivity contribution in [3.63, 3.8) is 0 Å². The summed E-state index contributed by atoms with van der Waals surface area (Å²) in [5.41, 5.74) is 3.79. The largest absolute Gasteiger partial charge is 0.444 e. The van der Waals surface area contributed by atoms with E-state index in [0.717, 1.165) is 29.7 Å². The Bertz CT molecular complexity index is 1580. The van der Waals surface area contributed by atoms with Crippen molar-refractivity contribution in [3.05, 3.63) is 53.2 Å². The van der Waals surface area contributed by atoms with Crippen LogP contribution in [0, 0.1) is 12.8 Å². The van der Waals surface area contributed by atoms with Gasteiger partial charge in [-0.1, -0.05) is 17.7 Å². The van der Waals surface area contributed by atoms with E-state index in [4.69, 9.17) is 9.84 Å². The smallest absolute Gasteiger partial charge is 0.410 e. The van der Waals surface area contributed by atoms with Gasteiger partial charge < -0.3 is 15.0 Å². The van der Waals surface area contributed by atoms with Crippen molar-refractivity contribution in [3.8, 4) is 5.69 Å². The Morgan fingerprint density at radius 3 is 2.34 bits per heavy atom. The molecule has 11 heteroatoms. The number of likely N-dealkylation sites (tertiary alicyclic amines) is 1. The summed E-state index contributed by atoms with van der Waals surface area (Å²) in [6.45, 7) is 8.87. The third kappa shape index (κ3) is 6.19. The molecular weight excluding hydrogens is 542 g/mol. The minimum atomic E-state index is -3.62. The van der Waals surface area contributed by atoms with Gasteiger partial charge in [0.25, 0.3) is 5.91 Å². The van der Waals surface area contributed by atoms with Gasteiger partial charge in [0.2, 0.25) is 10.0 Å². The topological polar surface area (TPSA) is 114 Å². The zero-order valence-corrected chi connectivity index (χ0v) is 25.4. The van der Waals surface area contributed by atoms with Crippen molar-refractivity contribution in [1.29, 1.82) is 0 Å². The number of aromatic nitrogens is 2. The van der Waals surface area contributed by atoms with Gasteiger partial charge in [0.1, 0.15) is 11.3 Å². The first-order chi connectivity index (χ1) is 19.2. The van der Waals surface area contributed by atoms with Crippen LogP contribution < -0.4 is 9.62 Å². The number of aryl methyl sites for hydroxylation is 1. The molecule has 220 valence electrons. The predicted molar refractivity (Wildman–Crippen MR) is 159 cm³/mol. The maximum Gasteiger partial charge on any atom is 0.410 e. The van der Waals surface area contributed by atoms with Gasteiger partial charge in [0.15, 0.2) is 0 Å². The van der Waals surface area contributed by atoms with Crippen molar-refractivity contribution in [2.45, 2.75) is 58.5 Å². The Hall–Kier alpha value is -3.60. The Morgan fingerprint density at radius 2 is 1.78 bits per heavy atom. The number of anilines is 1. The monoisotopic (exact) mass is 581 g/mol. The zero-order valence-electron chi connectivity index (χ0n) is 24.6. The van der Waals surface area contributed by atoms with E-state index in [-0.39, 0.29) is 30.4 Å². The van der Waals surface area contributed by atoms with Gasteiger partial charge in [0, 0.05) is 32.1 Å². The van der Waals surface area contributed by atoms with Crippen LogP contribution in [0.2, 0.25) is 0 Å². The number of hydrogen-bond donors (Lipinski definition) is 1. The molecule has 2 fully saturated rings. The maximum absolute atomic E-state index is 13.1. The Kier molecular flexibility index (Phi) is 7.52. The normalized spacial score (nSPS) is 16.0. The molecule has 1 saturated carbocycles. The van der Waals surface area contributed by atoms with E-state index in [2.05, 4.69) is 5.32 Å². The average Bonchev–Trinajstić information content (AvgIpc) is 3.63. The predicted octanol–water partition coefficient (Wildman–Crippen LogP) is 4.59. The maximum atomic E-state index is 13.1. The molecule has 41 heavy (non-hydrogen) atoms. The molecule has 3 aromatic rings. The molecule has 1 aliphatic carbocycles. The highest BCUT2D eigenvalue weighted by atomic mass is 32.2. The number of benzene rings is 2. The Balaban J connectivity index is 1.47. The molecule has 0 bridgehead atoms. The van der Waals surface area contributed by atoms with E-state index >= 15 is 0 Å². The Labute approximate surface area is 241 Å². The standard InChI is InChI=1S/C30H39N5O5S/c1-19-7-11-22(12-8-19)35-27(28(36)31-5)24-15-23(21-9-10-21)26(16-25(24)32-35)34(41(6,38)39)14-13-20-17-33(18-20)29(37)40-30(2,3)4/h7-8,11-12,15-16,20-21H,9-10,13-14,17-18H2,1-6H3,(H,31,36). The summed E-state index contributed by atoms with van der Waals surface area (Å²) >= 11 is 0. The van der Waals surface area contributed by atoms with Crippen LogP contribution >= 0.6 is 0 Å². The van der Waals surface area contributed by atoms with Crippen LogP contribution in [-0.2, 0) is 14.8 Å². The highest BCUT2D eigenvalue weighted by molar-refractivity contribution is 7.92. The summed E-state index contributed by atoms with van der Waals surface area (Å²) in [5.74, 6) is 0.146. The van der Waals surface area contributed by atoms with E-state index in [1.807, 2.05) is 64.1 Å². The molecule has 2 aliphatic rings. The number of fused-ring (bicyclic) bond motifs is 1. The number of nitrogens with one attached hydrogen (secondary N) is 1. The molecule has 1 N–H and O–H groups in total. The van der Waals surface area contributed by atoms with Crippen LogP contribution in [0.3, 0.4) is 0 Å². The van der Waals surface area contributed by atoms with Crippen LogP contribution in [0.25, 0.3) is 16.6 Å². The molecule has 2 amide bonds. The minimum Gasteiger partial charge on any atom is -0.444 e. The van der Waals surface area contributed by atoms with Crippen LogP contribution in [0.4, 0.5) is 10.5 Å².